The molecule has 0 aliphatic heterocycles. The van der Waals surface area contributed by atoms with Gasteiger partial charge in [0.2, 0.25) is 5.91 Å². The van der Waals surface area contributed by atoms with Gasteiger partial charge in [0.1, 0.15) is 0 Å². The lowest BCUT2D eigenvalue weighted by Crippen LogP contribution is -2.25. The highest BCUT2D eigenvalue weighted by Crippen LogP contribution is 2.26. The summed E-state index contributed by atoms with van der Waals surface area (Å²) in [4.78, 5) is 26.4. The summed E-state index contributed by atoms with van der Waals surface area (Å²) in [6, 6.07) is 19.1. The van der Waals surface area contributed by atoms with Crippen LogP contribution in [0, 0.1) is 6.92 Å². The maximum Gasteiger partial charge on any atom is 0.253 e. The minimum Gasteiger partial charge on any atom is -0.355 e. The minimum atomic E-state index is -0.331. The molecule has 27 heavy (non-hydrogen) atoms. The van der Waals surface area contributed by atoms with E-state index >= 15 is 0 Å². The molecule has 0 radical (unpaired) electrons. The zero-order valence-corrected chi connectivity index (χ0v) is 16.2. The van der Waals surface area contributed by atoms with Crippen molar-refractivity contribution in [3.63, 3.8) is 0 Å². The molecule has 3 rings (SSSR count). The molecule has 138 valence electrons. The van der Waals surface area contributed by atoms with Crippen LogP contribution < -0.4 is 10.6 Å². The smallest absolute Gasteiger partial charge is 0.253 e. The fourth-order valence-corrected chi connectivity index (χ4v) is 3.69. The van der Waals surface area contributed by atoms with Gasteiger partial charge in [0.25, 0.3) is 5.91 Å². The van der Waals surface area contributed by atoms with E-state index in [0.717, 1.165) is 16.0 Å². The molecular formula is C22H22N2O2S. The summed E-state index contributed by atoms with van der Waals surface area (Å²) in [6.07, 6.45) is 0.620. The van der Waals surface area contributed by atoms with Crippen molar-refractivity contribution < 1.29 is 9.59 Å². The number of thiophene rings is 1. The highest BCUT2D eigenvalue weighted by Gasteiger charge is 2.23. The number of hydrogen-bond acceptors (Lipinski definition) is 3. The molecule has 4 nitrogen and oxygen atoms in total. The summed E-state index contributed by atoms with van der Waals surface area (Å²) >= 11 is 1.64. The van der Waals surface area contributed by atoms with Gasteiger partial charge in [-0.3, -0.25) is 9.59 Å². The van der Waals surface area contributed by atoms with E-state index in [2.05, 4.69) is 10.6 Å². The number of carbonyl (C=O) groups excluding carboxylic acids is 2. The first-order chi connectivity index (χ1) is 13.1. The molecule has 0 aliphatic rings. The number of rotatable bonds is 6. The number of carbonyl (C=O) groups is 2. The molecule has 2 aromatic carbocycles. The predicted molar refractivity (Wildman–Crippen MR) is 110 cm³/mol. The second-order valence-corrected chi connectivity index (χ2v) is 7.39. The fraction of sp³-hybridized carbons (Fsp3) is 0.182. The van der Waals surface area contributed by atoms with Crippen LogP contribution in [-0.2, 0) is 11.2 Å². The van der Waals surface area contributed by atoms with Crippen LogP contribution >= 0.6 is 11.3 Å². The van der Waals surface area contributed by atoms with Crippen LogP contribution in [0.4, 0.5) is 5.69 Å². The molecule has 3 aromatic rings. The predicted octanol–water partition coefficient (Wildman–Crippen LogP) is 4.38. The van der Waals surface area contributed by atoms with E-state index in [0.29, 0.717) is 17.7 Å². The number of hydrogen-bond donors (Lipinski definition) is 2. The second kappa shape index (κ2) is 8.64. The molecule has 0 saturated heterocycles. The summed E-state index contributed by atoms with van der Waals surface area (Å²) in [5, 5.41) is 7.58. The van der Waals surface area contributed by atoms with Crippen molar-refractivity contribution >= 4 is 28.8 Å². The minimum absolute atomic E-state index is 0.122. The number of nitrogens with one attached hydrogen (secondary N) is 2. The van der Waals surface area contributed by atoms with E-state index in [9.17, 15) is 9.59 Å². The highest BCUT2D eigenvalue weighted by molar-refractivity contribution is 7.09. The Morgan fingerprint density at radius 2 is 1.74 bits per heavy atom. The van der Waals surface area contributed by atoms with E-state index in [1.807, 2.05) is 54.8 Å². The molecule has 1 aromatic heterocycles. The third-order valence-corrected chi connectivity index (χ3v) is 5.34. The van der Waals surface area contributed by atoms with Gasteiger partial charge < -0.3 is 10.6 Å². The summed E-state index contributed by atoms with van der Waals surface area (Å²) in [6.45, 7) is 2.03. The normalized spacial score (nSPS) is 11.6. The third-order valence-electron chi connectivity index (χ3n) is 4.44. The largest absolute Gasteiger partial charge is 0.355 e. The van der Waals surface area contributed by atoms with E-state index in [-0.39, 0.29) is 17.7 Å². The summed E-state index contributed by atoms with van der Waals surface area (Å²) in [7, 11) is 1.58. The monoisotopic (exact) mass is 378 g/mol. The molecule has 0 bridgehead atoms. The maximum absolute atomic E-state index is 13.1. The van der Waals surface area contributed by atoms with E-state index in [4.69, 9.17) is 0 Å². The molecule has 1 heterocycles. The second-order valence-electron chi connectivity index (χ2n) is 6.36. The molecular weight excluding hydrogens is 356 g/mol. The summed E-state index contributed by atoms with van der Waals surface area (Å²) in [5.41, 5.74) is 3.08. The van der Waals surface area contributed by atoms with Crippen LogP contribution in [-0.4, -0.2) is 18.9 Å². The van der Waals surface area contributed by atoms with Crippen LogP contribution in [0.1, 0.15) is 32.3 Å². The first-order valence-electron chi connectivity index (χ1n) is 8.79. The first-order valence-corrected chi connectivity index (χ1v) is 9.67. The first kappa shape index (κ1) is 18.9. The van der Waals surface area contributed by atoms with Crippen LogP contribution in [0.2, 0.25) is 0 Å². The lowest BCUT2D eigenvalue weighted by Gasteiger charge is -2.18. The Kier molecular flexibility index (Phi) is 6.04. The number of aryl methyl sites for hydroxylation is 1. The lowest BCUT2D eigenvalue weighted by molar-refractivity contribution is -0.117. The van der Waals surface area contributed by atoms with Gasteiger partial charge in [-0.25, -0.2) is 0 Å². The number of benzene rings is 2. The van der Waals surface area contributed by atoms with Crippen LogP contribution in [0.5, 0.6) is 0 Å². The molecule has 2 amide bonds. The zero-order chi connectivity index (χ0) is 19.2. The number of para-hydroxylation sites is 1. The molecule has 1 unspecified atom stereocenters. The average molecular weight is 378 g/mol. The van der Waals surface area contributed by atoms with Gasteiger partial charge in [0.05, 0.1) is 17.2 Å². The van der Waals surface area contributed by atoms with Gasteiger partial charge in [-0.05, 0) is 42.5 Å². The number of amides is 2. The topological polar surface area (TPSA) is 58.2 Å². The molecule has 5 heteroatoms. The van der Waals surface area contributed by atoms with E-state index in [1.165, 1.54) is 0 Å². The highest BCUT2D eigenvalue weighted by atomic mass is 32.1. The summed E-state index contributed by atoms with van der Waals surface area (Å²) < 4.78 is 0. The Labute approximate surface area is 163 Å². The molecule has 0 spiro atoms. The average Bonchev–Trinajstić information content (AvgIpc) is 3.20. The molecule has 0 fully saturated rings. The Bertz CT molecular complexity index is 918. The van der Waals surface area contributed by atoms with Gasteiger partial charge in [0, 0.05) is 11.9 Å². The van der Waals surface area contributed by atoms with Crippen LogP contribution in [0.3, 0.4) is 0 Å². The van der Waals surface area contributed by atoms with E-state index < -0.39 is 0 Å². The lowest BCUT2D eigenvalue weighted by atomic mass is 9.93. The SMILES string of the molecule is CNC(=O)c1ccccc1NC(=O)C(Cc1cccs1)c1ccc(C)cc1. The maximum atomic E-state index is 13.1. The Morgan fingerprint density at radius 3 is 2.41 bits per heavy atom. The van der Waals surface area contributed by atoms with Crippen molar-refractivity contribution in [2.45, 2.75) is 19.3 Å². The van der Waals surface area contributed by atoms with Crippen LogP contribution in [0.25, 0.3) is 0 Å². The molecule has 2 N–H and O–H groups in total. The Morgan fingerprint density at radius 1 is 1.00 bits per heavy atom. The molecule has 1 atom stereocenters. The third kappa shape index (κ3) is 4.63. The van der Waals surface area contributed by atoms with Gasteiger partial charge in [0.15, 0.2) is 0 Å². The van der Waals surface area contributed by atoms with Crippen molar-refractivity contribution in [2.75, 3.05) is 12.4 Å². The summed E-state index contributed by atoms with van der Waals surface area (Å²) in [5.74, 6) is -0.679. The fourth-order valence-electron chi connectivity index (χ4n) is 2.94. The Balaban J connectivity index is 1.89. The van der Waals surface area contributed by atoms with Crippen molar-refractivity contribution in [3.05, 3.63) is 87.6 Å². The van der Waals surface area contributed by atoms with Crippen molar-refractivity contribution in [1.29, 1.82) is 0 Å². The molecule has 0 aliphatic carbocycles. The van der Waals surface area contributed by atoms with Crippen molar-refractivity contribution in [3.8, 4) is 0 Å². The van der Waals surface area contributed by atoms with Crippen molar-refractivity contribution in [1.82, 2.24) is 5.32 Å². The molecule has 0 saturated carbocycles. The van der Waals surface area contributed by atoms with Gasteiger partial charge >= 0.3 is 0 Å². The van der Waals surface area contributed by atoms with Crippen LogP contribution in [0.15, 0.2) is 66.0 Å². The van der Waals surface area contributed by atoms with Gasteiger partial charge in [-0.1, -0.05) is 48.0 Å². The van der Waals surface area contributed by atoms with Crippen molar-refractivity contribution in [2.24, 2.45) is 0 Å². The van der Waals surface area contributed by atoms with Gasteiger partial charge in [-0.15, -0.1) is 11.3 Å². The Hall–Kier alpha value is -2.92. The van der Waals surface area contributed by atoms with Gasteiger partial charge in [-0.2, -0.15) is 0 Å². The quantitative estimate of drug-likeness (QED) is 0.669. The van der Waals surface area contributed by atoms with E-state index in [1.54, 1.807) is 36.6 Å². The standard InChI is InChI=1S/C22H22N2O2S/c1-15-9-11-16(12-10-15)19(14-17-6-5-13-27-17)22(26)24-20-8-4-3-7-18(20)21(25)23-2/h3-13,19H,14H2,1-2H3,(H,23,25)(H,24,26). The number of anilines is 1. The zero-order valence-electron chi connectivity index (χ0n) is 15.4.